The predicted molar refractivity (Wildman–Crippen MR) is 151 cm³/mol. The number of nitrogens with zero attached hydrogens (tertiary/aromatic N) is 2. The van der Waals surface area contributed by atoms with Crippen LogP contribution in [0.2, 0.25) is 5.02 Å². The summed E-state index contributed by atoms with van der Waals surface area (Å²) in [6.07, 6.45) is 1.71. The van der Waals surface area contributed by atoms with Crippen LogP contribution in [0.1, 0.15) is 33.9 Å². The van der Waals surface area contributed by atoms with Gasteiger partial charge in [0.15, 0.2) is 5.11 Å². The number of hydrogen-bond acceptors (Lipinski definition) is 6. The van der Waals surface area contributed by atoms with E-state index < -0.39 is 12.0 Å². The van der Waals surface area contributed by atoms with Crippen molar-refractivity contribution in [3.8, 4) is 11.3 Å². The smallest absolute Gasteiger partial charge is 0.335 e. The van der Waals surface area contributed by atoms with Crippen LogP contribution >= 0.6 is 23.8 Å². The number of carboxylic acids is 1. The highest BCUT2D eigenvalue weighted by Crippen LogP contribution is 2.44. The van der Waals surface area contributed by atoms with Crippen molar-refractivity contribution in [3.63, 3.8) is 0 Å². The largest absolute Gasteiger partial charge is 0.478 e. The van der Waals surface area contributed by atoms with Gasteiger partial charge in [-0.05, 0) is 66.8 Å². The molecule has 4 aromatic rings. The van der Waals surface area contributed by atoms with Crippen molar-refractivity contribution >= 4 is 52.2 Å². The fourth-order valence-electron chi connectivity index (χ4n) is 4.44. The van der Waals surface area contributed by atoms with Gasteiger partial charge in [0.25, 0.3) is 0 Å². The van der Waals surface area contributed by atoms with E-state index in [0.717, 1.165) is 11.3 Å². The SMILES string of the molecule is COCC(=O)Nc1ccc(N2C(=S)N[C@@H](c3ccccn3)[C@@H]2c2ccc(-c3ccc(C(=O)O)cc3)o2)cc1Cl. The number of aromatic carboxylic acids is 1. The zero-order valence-corrected chi connectivity index (χ0v) is 22.2. The first-order chi connectivity index (χ1) is 18.9. The number of ether oxygens (including phenoxy) is 1. The van der Waals surface area contributed by atoms with Crippen molar-refractivity contribution in [2.75, 3.05) is 23.9 Å². The Morgan fingerprint density at radius 2 is 1.95 bits per heavy atom. The van der Waals surface area contributed by atoms with Crippen LogP contribution in [0.3, 0.4) is 0 Å². The number of thiocarbonyl (C=S) groups is 1. The van der Waals surface area contributed by atoms with E-state index in [1.807, 2.05) is 41.3 Å². The average Bonchev–Trinajstić information content (AvgIpc) is 3.55. The van der Waals surface area contributed by atoms with Gasteiger partial charge < -0.3 is 29.8 Å². The Morgan fingerprint density at radius 1 is 1.15 bits per heavy atom. The highest BCUT2D eigenvalue weighted by Gasteiger charge is 2.42. The van der Waals surface area contributed by atoms with Gasteiger partial charge in [-0.2, -0.15) is 0 Å². The van der Waals surface area contributed by atoms with Crippen LogP contribution in [0.5, 0.6) is 0 Å². The number of aromatic nitrogens is 1. The van der Waals surface area contributed by atoms with Crippen molar-refractivity contribution in [2.24, 2.45) is 0 Å². The van der Waals surface area contributed by atoms with Crippen LogP contribution in [0.15, 0.2) is 83.4 Å². The molecule has 11 heteroatoms. The summed E-state index contributed by atoms with van der Waals surface area (Å²) >= 11 is 12.3. The van der Waals surface area contributed by atoms with Gasteiger partial charge in [-0.3, -0.25) is 9.78 Å². The Kier molecular flexibility index (Phi) is 7.60. The molecule has 0 bridgehead atoms. The Bertz CT molecular complexity index is 1530. The third-order valence-electron chi connectivity index (χ3n) is 6.21. The molecular formula is C28H23ClN4O5S. The number of carbonyl (C=O) groups excluding carboxylic acids is 1. The molecule has 0 saturated carbocycles. The number of hydrogen-bond donors (Lipinski definition) is 3. The Balaban J connectivity index is 1.52. The molecule has 0 aliphatic carbocycles. The third kappa shape index (κ3) is 5.49. The lowest BCUT2D eigenvalue weighted by Crippen LogP contribution is -2.29. The molecule has 0 spiro atoms. The van der Waals surface area contributed by atoms with Crippen molar-refractivity contribution in [1.82, 2.24) is 10.3 Å². The molecule has 2 aromatic carbocycles. The number of rotatable bonds is 8. The number of pyridine rings is 1. The number of benzene rings is 2. The Hall–Kier alpha value is -4.25. The maximum Gasteiger partial charge on any atom is 0.335 e. The van der Waals surface area contributed by atoms with E-state index in [2.05, 4.69) is 15.6 Å². The zero-order chi connectivity index (χ0) is 27.5. The van der Waals surface area contributed by atoms with Crippen LogP contribution in [-0.4, -0.2) is 40.8 Å². The summed E-state index contributed by atoms with van der Waals surface area (Å²) in [5.41, 5.74) is 2.83. The lowest BCUT2D eigenvalue weighted by Gasteiger charge is -2.26. The summed E-state index contributed by atoms with van der Waals surface area (Å²) in [5, 5.41) is 16.1. The number of carboxylic acid groups (broad SMARTS) is 1. The molecule has 9 nitrogen and oxygen atoms in total. The van der Waals surface area contributed by atoms with Crippen LogP contribution in [0.4, 0.5) is 11.4 Å². The monoisotopic (exact) mass is 562 g/mol. The summed E-state index contributed by atoms with van der Waals surface area (Å²) in [7, 11) is 1.44. The summed E-state index contributed by atoms with van der Waals surface area (Å²) in [6.45, 7) is -0.0914. The highest BCUT2D eigenvalue weighted by molar-refractivity contribution is 7.80. The molecule has 5 rings (SSSR count). The Labute approximate surface area is 234 Å². The maximum atomic E-state index is 12.0. The zero-order valence-electron chi connectivity index (χ0n) is 20.6. The number of methoxy groups -OCH3 is 1. The van der Waals surface area contributed by atoms with Crippen LogP contribution in [0, 0.1) is 0 Å². The standard InChI is InChI=1S/C28H23ClN4O5S/c1-37-15-24(34)31-20-10-9-18(14-19(20)29)33-26(25(32-28(33)39)21-4-2-3-13-30-21)23-12-11-22(38-23)16-5-7-17(8-6-16)27(35)36/h2-14,25-26H,15H2,1H3,(H,31,34)(H,32,39)(H,35,36)/t25-,26-/m0/s1. The second kappa shape index (κ2) is 11.2. The summed E-state index contributed by atoms with van der Waals surface area (Å²) < 4.78 is 11.2. The molecule has 0 radical (unpaired) electrons. The van der Waals surface area contributed by atoms with E-state index in [1.54, 1.807) is 30.5 Å². The average molecular weight is 563 g/mol. The lowest BCUT2D eigenvalue weighted by molar-refractivity contribution is -0.119. The van der Waals surface area contributed by atoms with Crippen molar-refractivity contribution < 1.29 is 23.8 Å². The quantitative estimate of drug-likeness (QED) is 0.241. The molecule has 198 valence electrons. The predicted octanol–water partition coefficient (Wildman–Crippen LogP) is 5.46. The van der Waals surface area contributed by atoms with E-state index in [0.29, 0.717) is 33.0 Å². The second-order valence-corrected chi connectivity index (χ2v) is 9.52. The van der Waals surface area contributed by atoms with E-state index >= 15 is 0 Å². The number of amides is 1. The molecule has 2 aromatic heterocycles. The molecule has 1 amide bonds. The number of furan rings is 1. The first kappa shape index (κ1) is 26.4. The molecule has 1 fully saturated rings. The molecule has 1 aliphatic heterocycles. The molecule has 2 atom stereocenters. The molecule has 1 aliphatic rings. The van der Waals surface area contributed by atoms with Gasteiger partial charge in [0.05, 0.1) is 28.0 Å². The van der Waals surface area contributed by atoms with Gasteiger partial charge in [-0.1, -0.05) is 29.8 Å². The van der Waals surface area contributed by atoms with Crippen LogP contribution in [-0.2, 0) is 9.53 Å². The lowest BCUT2D eigenvalue weighted by atomic mass is 10.0. The number of carbonyl (C=O) groups is 2. The molecule has 39 heavy (non-hydrogen) atoms. The minimum atomic E-state index is -0.996. The third-order valence-corrected chi connectivity index (χ3v) is 6.84. The number of halogens is 1. The van der Waals surface area contributed by atoms with Crippen molar-refractivity contribution in [3.05, 3.63) is 101 Å². The van der Waals surface area contributed by atoms with Crippen molar-refractivity contribution in [2.45, 2.75) is 12.1 Å². The number of anilines is 2. The fraction of sp³-hybridized carbons (Fsp3) is 0.143. The molecule has 3 heterocycles. The van der Waals surface area contributed by atoms with E-state index in [-0.39, 0.29) is 24.1 Å². The highest BCUT2D eigenvalue weighted by atomic mass is 35.5. The van der Waals surface area contributed by atoms with Gasteiger partial charge in [0.2, 0.25) is 5.91 Å². The topological polar surface area (TPSA) is 117 Å². The van der Waals surface area contributed by atoms with Gasteiger partial charge in [0, 0.05) is 24.6 Å². The van der Waals surface area contributed by atoms with Gasteiger partial charge in [-0.15, -0.1) is 0 Å². The van der Waals surface area contributed by atoms with E-state index in [9.17, 15) is 14.7 Å². The first-order valence-electron chi connectivity index (χ1n) is 11.9. The first-order valence-corrected chi connectivity index (χ1v) is 12.7. The van der Waals surface area contributed by atoms with E-state index in [1.165, 1.54) is 19.2 Å². The van der Waals surface area contributed by atoms with Gasteiger partial charge >= 0.3 is 5.97 Å². The van der Waals surface area contributed by atoms with Crippen molar-refractivity contribution in [1.29, 1.82) is 0 Å². The van der Waals surface area contributed by atoms with Gasteiger partial charge in [-0.25, -0.2) is 4.79 Å². The summed E-state index contributed by atoms with van der Waals surface area (Å²) in [4.78, 5) is 29.7. The molecule has 1 saturated heterocycles. The van der Waals surface area contributed by atoms with Crippen LogP contribution < -0.4 is 15.5 Å². The minimum absolute atomic E-state index is 0.0914. The molecule has 3 N–H and O–H groups in total. The Morgan fingerprint density at radius 3 is 2.62 bits per heavy atom. The maximum absolute atomic E-state index is 12.0. The second-order valence-electron chi connectivity index (χ2n) is 8.73. The molecular weight excluding hydrogens is 540 g/mol. The number of nitrogens with one attached hydrogen (secondary N) is 2. The van der Waals surface area contributed by atoms with E-state index in [4.69, 9.17) is 33.0 Å². The summed E-state index contributed by atoms with van der Waals surface area (Å²) in [6, 6.07) is 20.3. The van der Waals surface area contributed by atoms with Gasteiger partial charge in [0.1, 0.15) is 24.2 Å². The van der Waals surface area contributed by atoms with Crippen LogP contribution in [0.25, 0.3) is 11.3 Å². The summed E-state index contributed by atoms with van der Waals surface area (Å²) in [5.74, 6) is -0.125. The minimum Gasteiger partial charge on any atom is -0.478 e. The normalized spacial score (nSPS) is 16.7. The fourth-order valence-corrected chi connectivity index (χ4v) is 5.01. The molecule has 0 unspecified atom stereocenters.